The first-order valence-electron chi connectivity index (χ1n) is 7.97. The molecule has 0 atom stereocenters. The fourth-order valence-corrected chi connectivity index (χ4v) is 2.29. The van der Waals surface area contributed by atoms with E-state index in [4.69, 9.17) is 0 Å². The van der Waals surface area contributed by atoms with Gasteiger partial charge in [0.25, 0.3) is 0 Å². The zero-order valence-corrected chi connectivity index (χ0v) is 14.7. The summed E-state index contributed by atoms with van der Waals surface area (Å²) in [4.78, 5) is 10.2. The Morgan fingerprint density at radius 1 is 0.684 bits per heavy atom. The van der Waals surface area contributed by atoms with Gasteiger partial charge in [0.15, 0.2) is 0 Å². The fourth-order valence-electron chi connectivity index (χ4n) is 2.29. The SMILES string of the molecule is CCCCCCCCCCCCCCCC(=O)[O-].[Au+]. The van der Waals surface area contributed by atoms with E-state index in [1.807, 2.05) is 0 Å². The van der Waals surface area contributed by atoms with E-state index in [-0.39, 0.29) is 28.8 Å². The van der Waals surface area contributed by atoms with Crippen LogP contribution < -0.4 is 5.11 Å². The van der Waals surface area contributed by atoms with E-state index >= 15 is 0 Å². The van der Waals surface area contributed by atoms with Crippen molar-refractivity contribution in [3.8, 4) is 0 Å². The Balaban J connectivity index is 0. The van der Waals surface area contributed by atoms with E-state index in [1.54, 1.807) is 0 Å². The summed E-state index contributed by atoms with van der Waals surface area (Å²) in [5, 5.41) is 10.2. The van der Waals surface area contributed by atoms with Gasteiger partial charge in [-0.05, 0) is 12.8 Å². The van der Waals surface area contributed by atoms with Crippen LogP contribution in [0.25, 0.3) is 0 Å². The Labute approximate surface area is 135 Å². The van der Waals surface area contributed by atoms with Crippen molar-refractivity contribution in [3.63, 3.8) is 0 Å². The number of carbonyl (C=O) groups is 1. The van der Waals surface area contributed by atoms with Crippen molar-refractivity contribution in [1.29, 1.82) is 0 Å². The van der Waals surface area contributed by atoms with Crippen LogP contribution in [0, 0.1) is 0 Å². The number of carboxylic acid groups (broad SMARTS) is 1. The van der Waals surface area contributed by atoms with Crippen molar-refractivity contribution in [2.24, 2.45) is 0 Å². The molecule has 0 amide bonds. The van der Waals surface area contributed by atoms with E-state index < -0.39 is 5.97 Å². The van der Waals surface area contributed by atoms with Gasteiger partial charge in [-0.3, -0.25) is 0 Å². The van der Waals surface area contributed by atoms with Gasteiger partial charge in [-0.1, -0.05) is 84.0 Å². The molecule has 0 heterocycles. The largest absolute Gasteiger partial charge is 1.00 e. The second kappa shape index (κ2) is 18.2. The zero-order chi connectivity index (χ0) is 13.5. The summed E-state index contributed by atoms with van der Waals surface area (Å²) >= 11 is 0. The van der Waals surface area contributed by atoms with Crippen molar-refractivity contribution in [1.82, 2.24) is 0 Å². The van der Waals surface area contributed by atoms with Crippen molar-refractivity contribution in [3.05, 3.63) is 0 Å². The monoisotopic (exact) mass is 452 g/mol. The summed E-state index contributed by atoms with van der Waals surface area (Å²) in [6, 6.07) is 0. The molecule has 118 valence electrons. The van der Waals surface area contributed by atoms with E-state index in [1.165, 1.54) is 70.6 Å². The van der Waals surface area contributed by atoms with Crippen molar-refractivity contribution in [2.75, 3.05) is 0 Å². The molecule has 0 rings (SSSR count). The number of aliphatic carboxylic acids is 1. The summed E-state index contributed by atoms with van der Waals surface area (Å²) in [5.74, 6) is -0.905. The first-order chi connectivity index (χ1) is 8.77. The summed E-state index contributed by atoms with van der Waals surface area (Å²) in [5.41, 5.74) is 0. The van der Waals surface area contributed by atoms with Crippen LogP contribution in [0.15, 0.2) is 0 Å². The zero-order valence-electron chi connectivity index (χ0n) is 12.5. The molecular formula is C16H31AuO2. The van der Waals surface area contributed by atoms with E-state index in [2.05, 4.69) is 6.92 Å². The molecule has 0 spiro atoms. The minimum atomic E-state index is -0.905. The normalized spacial score (nSPS) is 10.2. The third-order valence-electron chi connectivity index (χ3n) is 3.48. The van der Waals surface area contributed by atoms with Gasteiger partial charge in [0, 0.05) is 5.97 Å². The minimum absolute atomic E-state index is 0. The van der Waals surface area contributed by atoms with E-state index in [0.717, 1.165) is 12.8 Å². The van der Waals surface area contributed by atoms with Crippen LogP contribution in [-0.2, 0) is 27.2 Å². The molecule has 0 saturated heterocycles. The van der Waals surface area contributed by atoms with Gasteiger partial charge in [-0.2, -0.15) is 0 Å². The standard InChI is InChI=1S/C16H32O2.Au/c1-2-3-4-5-6-7-8-9-10-11-12-13-14-15-16(17)18;/h2-15H2,1H3,(H,17,18);/q;+1/p-1. The molecule has 0 aliphatic carbocycles. The summed E-state index contributed by atoms with van der Waals surface area (Å²) in [6.45, 7) is 2.26. The summed E-state index contributed by atoms with van der Waals surface area (Å²) in [6.07, 6.45) is 16.9. The second-order valence-corrected chi connectivity index (χ2v) is 5.36. The number of carbonyl (C=O) groups excluding carboxylic acids is 1. The molecule has 0 radical (unpaired) electrons. The fraction of sp³-hybridized carbons (Fsp3) is 0.938. The molecule has 0 fully saturated rings. The van der Waals surface area contributed by atoms with E-state index in [9.17, 15) is 9.90 Å². The van der Waals surface area contributed by atoms with Crippen molar-refractivity contribution >= 4 is 5.97 Å². The number of unbranched alkanes of at least 4 members (excludes halogenated alkanes) is 12. The maximum absolute atomic E-state index is 10.2. The van der Waals surface area contributed by atoms with Crippen LogP contribution in [0.3, 0.4) is 0 Å². The number of hydrogen-bond donors (Lipinski definition) is 0. The molecule has 0 unspecified atom stereocenters. The first kappa shape index (κ1) is 21.5. The second-order valence-electron chi connectivity index (χ2n) is 5.36. The van der Waals surface area contributed by atoms with Crippen LogP contribution in [0.4, 0.5) is 0 Å². The molecule has 3 heteroatoms. The topological polar surface area (TPSA) is 40.1 Å². The molecule has 0 aromatic carbocycles. The van der Waals surface area contributed by atoms with Crippen LogP contribution in [0.5, 0.6) is 0 Å². The van der Waals surface area contributed by atoms with Gasteiger partial charge < -0.3 is 9.90 Å². The Bertz CT molecular complexity index is 184. The smallest absolute Gasteiger partial charge is 0.550 e. The van der Waals surface area contributed by atoms with Crippen LogP contribution in [-0.4, -0.2) is 5.97 Å². The van der Waals surface area contributed by atoms with Crippen LogP contribution in [0.1, 0.15) is 96.8 Å². The molecule has 0 N–H and O–H groups in total. The minimum Gasteiger partial charge on any atom is -0.550 e. The predicted octanol–water partition coefficient (Wildman–Crippen LogP) is 4.22. The van der Waals surface area contributed by atoms with Crippen molar-refractivity contribution < 1.29 is 32.3 Å². The van der Waals surface area contributed by atoms with Gasteiger partial charge in [0.1, 0.15) is 0 Å². The molecule has 0 saturated carbocycles. The maximum atomic E-state index is 10.2. The maximum Gasteiger partial charge on any atom is 1.00 e. The summed E-state index contributed by atoms with van der Waals surface area (Å²) in [7, 11) is 0. The summed E-state index contributed by atoms with van der Waals surface area (Å²) < 4.78 is 0. The van der Waals surface area contributed by atoms with Gasteiger partial charge in [-0.25, -0.2) is 0 Å². The third-order valence-corrected chi connectivity index (χ3v) is 3.48. The predicted molar refractivity (Wildman–Crippen MR) is 75.3 cm³/mol. The van der Waals surface area contributed by atoms with Gasteiger partial charge in [-0.15, -0.1) is 0 Å². The average Bonchev–Trinajstić information content (AvgIpc) is 2.34. The first-order valence-corrected chi connectivity index (χ1v) is 7.97. The Kier molecular flexibility index (Phi) is 20.6. The quantitative estimate of drug-likeness (QED) is 0.293. The Hall–Kier alpha value is 0.210. The Morgan fingerprint density at radius 3 is 1.32 bits per heavy atom. The third kappa shape index (κ3) is 20.7. The molecule has 2 nitrogen and oxygen atoms in total. The molecule has 0 aliphatic heterocycles. The molecule has 19 heavy (non-hydrogen) atoms. The Morgan fingerprint density at radius 2 is 1.00 bits per heavy atom. The molecule has 0 bridgehead atoms. The molecular weight excluding hydrogens is 421 g/mol. The van der Waals surface area contributed by atoms with Crippen LogP contribution >= 0.6 is 0 Å². The number of rotatable bonds is 14. The van der Waals surface area contributed by atoms with Gasteiger partial charge in [0.2, 0.25) is 0 Å². The average molecular weight is 452 g/mol. The molecule has 0 aromatic rings. The van der Waals surface area contributed by atoms with Gasteiger partial charge >= 0.3 is 22.4 Å². The number of carboxylic acids is 1. The van der Waals surface area contributed by atoms with E-state index in [0.29, 0.717) is 0 Å². The van der Waals surface area contributed by atoms with Crippen molar-refractivity contribution in [2.45, 2.75) is 96.8 Å². The molecule has 0 aromatic heterocycles. The van der Waals surface area contributed by atoms with Gasteiger partial charge in [0.05, 0.1) is 0 Å². The molecule has 0 aliphatic rings. The van der Waals surface area contributed by atoms with Crippen LogP contribution in [0.2, 0.25) is 0 Å². The number of hydrogen-bond acceptors (Lipinski definition) is 2.